The molecule has 14 aliphatic rings. The number of nitrogens with zero attached hydrogens (tertiary/aromatic N) is 2. The van der Waals surface area contributed by atoms with Gasteiger partial charge in [-0.1, -0.05) is 60.7 Å². The zero-order valence-electron chi connectivity index (χ0n) is 27.4. The lowest BCUT2D eigenvalue weighted by atomic mass is 9.66. The van der Waals surface area contributed by atoms with Crippen molar-refractivity contribution in [3.8, 4) is 11.4 Å². The Morgan fingerprint density at radius 3 is 1.06 bits per heavy atom. The summed E-state index contributed by atoms with van der Waals surface area (Å²) in [4.78, 5) is 0. The fourth-order valence-electron chi connectivity index (χ4n) is 9.83. The van der Waals surface area contributed by atoms with Gasteiger partial charge in [-0.3, -0.25) is 0 Å². The van der Waals surface area contributed by atoms with E-state index in [1.54, 1.807) is 0 Å². The molecular formula is C47H36N2. The highest BCUT2D eigenvalue weighted by Gasteiger charge is 2.40. The van der Waals surface area contributed by atoms with Crippen LogP contribution in [0, 0.1) is 0 Å². The van der Waals surface area contributed by atoms with Gasteiger partial charge in [0.15, 0.2) is 0 Å². The summed E-state index contributed by atoms with van der Waals surface area (Å²) < 4.78 is 5.01. The van der Waals surface area contributed by atoms with Crippen LogP contribution in [0.3, 0.4) is 0 Å². The van der Waals surface area contributed by atoms with Gasteiger partial charge < -0.3 is 9.13 Å². The smallest absolute Gasteiger partial charge is 0.0541 e. The molecule has 2 saturated carbocycles. The van der Waals surface area contributed by atoms with E-state index in [4.69, 9.17) is 0 Å². The van der Waals surface area contributed by atoms with Crippen LogP contribution in [0.5, 0.6) is 0 Å². The molecule has 3 aliphatic carbocycles. The molecule has 49 heavy (non-hydrogen) atoms. The molecule has 0 N–H and O–H groups in total. The molecular weight excluding hydrogens is 593 g/mol. The SMILES string of the molecule is C1=C\Cc2ccc(cc2)-n2c3ccc4cc3c3cc(ccc32)[C@@H]2CC2c2ccc3c(c2)c2cc(ccc2n3-c2ccc(cc2)C/1)[C@H]1CCC41. The molecule has 0 spiro atoms. The maximum absolute atomic E-state index is 2.56. The van der Waals surface area contributed by atoms with Crippen LogP contribution in [0.4, 0.5) is 0 Å². The lowest BCUT2D eigenvalue weighted by Crippen LogP contribution is -2.21. The number of allylic oxidation sites excluding steroid dienone is 2. The summed E-state index contributed by atoms with van der Waals surface area (Å²) >= 11 is 0. The molecule has 0 amide bonds. The van der Waals surface area contributed by atoms with E-state index in [1.165, 1.54) is 108 Å². The van der Waals surface area contributed by atoms with Crippen molar-refractivity contribution in [1.29, 1.82) is 0 Å². The second kappa shape index (κ2) is 9.64. The highest BCUT2D eigenvalue weighted by atomic mass is 15.0. The molecule has 22 rings (SSSR count). The normalized spacial score (nSPS) is 22.4. The lowest BCUT2D eigenvalue weighted by molar-refractivity contribution is 0.347. The van der Waals surface area contributed by atoms with E-state index in [-0.39, 0.29) is 0 Å². The van der Waals surface area contributed by atoms with Gasteiger partial charge >= 0.3 is 0 Å². The van der Waals surface area contributed by atoms with E-state index >= 15 is 0 Å². The van der Waals surface area contributed by atoms with E-state index in [2.05, 4.69) is 143 Å². The Kier molecular flexibility index (Phi) is 5.23. The molecule has 2 fully saturated rings. The van der Waals surface area contributed by atoms with Crippen molar-refractivity contribution < 1.29 is 0 Å². The first-order chi connectivity index (χ1) is 24.2. The number of hydrogen-bond donors (Lipinski definition) is 0. The minimum Gasteiger partial charge on any atom is -0.309 e. The predicted octanol–water partition coefficient (Wildman–Crippen LogP) is 11.8. The van der Waals surface area contributed by atoms with Crippen LogP contribution < -0.4 is 0 Å². The lowest BCUT2D eigenvalue weighted by Gasteiger charge is -2.37. The largest absolute Gasteiger partial charge is 0.309 e. The van der Waals surface area contributed by atoms with Crippen LogP contribution in [0.15, 0.2) is 133 Å². The number of hydrogen-bond acceptors (Lipinski definition) is 0. The third kappa shape index (κ3) is 3.78. The summed E-state index contributed by atoms with van der Waals surface area (Å²) in [5, 5.41) is 5.58. The minimum atomic E-state index is 0.540. The molecule has 234 valence electrons. The van der Waals surface area contributed by atoms with E-state index in [0.29, 0.717) is 23.7 Å². The van der Waals surface area contributed by atoms with Crippen molar-refractivity contribution >= 4 is 43.6 Å². The fourth-order valence-corrected chi connectivity index (χ4v) is 9.83. The van der Waals surface area contributed by atoms with Crippen molar-refractivity contribution in [1.82, 2.24) is 9.13 Å². The first-order valence-electron chi connectivity index (χ1n) is 18.2. The van der Waals surface area contributed by atoms with Gasteiger partial charge in [0, 0.05) is 32.9 Å². The van der Waals surface area contributed by atoms with Crippen molar-refractivity contribution in [3.05, 3.63) is 167 Å². The van der Waals surface area contributed by atoms with Crippen LogP contribution in [0.25, 0.3) is 55.0 Å². The molecule has 6 aromatic carbocycles. The highest BCUT2D eigenvalue weighted by Crippen LogP contribution is 2.56. The van der Waals surface area contributed by atoms with Crippen molar-refractivity contribution in [2.45, 2.75) is 55.8 Å². The van der Waals surface area contributed by atoms with Crippen LogP contribution in [0.2, 0.25) is 0 Å². The molecule has 0 radical (unpaired) electrons. The van der Waals surface area contributed by atoms with Crippen molar-refractivity contribution in [2.24, 2.45) is 0 Å². The standard InChI is InChI=1S/C47H36N2/c1-2-4-29-7-15-35(16-8-29)49-45-20-10-31-24-41(45)43-26-33(12-22-47(43)49)39-27-38(39)32-11-21-46-42(25-32)40-23-30(36-17-18-37(31)36)9-19-44(40)48(46)34-13-5-28(3-1)6-14-34/h1-2,5-16,19-26,36-39H,3-4,17-18,27H2/b2-1-/t36-,37?,38?,39+/m1/s1. The highest BCUT2D eigenvalue weighted by molar-refractivity contribution is 6.11. The molecule has 2 nitrogen and oxygen atoms in total. The number of aromatic nitrogens is 2. The average Bonchev–Trinajstić information content (AvgIpc) is 3.78. The van der Waals surface area contributed by atoms with Crippen LogP contribution in [0.1, 0.15) is 76.3 Å². The summed E-state index contributed by atoms with van der Waals surface area (Å²) in [7, 11) is 0. The summed E-state index contributed by atoms with van der Waals surface area (Å²) in [6.45, 7) is 0. The van der Waals surface area contributed by atoms with Crippen LogP contribution in [-0.4, -0.2) is 9.13 Å². The predicted molar refractivity (Wildman–Crippen MR) is 203 cm³/mol. The van der Waals surface area contributed by atoms with Crippen molar-refractivity contribution in [3.63, 3.8) is 0 Å². The Morgan fingerprint density at radius 2 is 0.714 bits per heavy atom. The molecule has 13 heterocycles. The zero-order valence-corrected chi connectivity index (χ0v) is 27.4. The number of benzene rings is 6. The molecule has 2 aromatic heterocycles. The summed E-state index contributed by atoms with van der Waals surface area (Å²) in [5.41, 5.74) is 16.4. The van der Waals surface area contributed by atoms with Gasteiger partial charge in [0.05, 0.1) is 22.1 Å². The Balaban J connectivity index is 1.17. The van der Waals surface area contributed by atoms with E-state index < -0.39 is 0 Å². The van der Waals surface area contributed by atoms with Gasteiger partial charge in [-0.25, -0.2) is 0 Å². The van der Waals surface area contributed by atoms with E-state index in [9.17, 15) is 0 Å². The van der Waals surface area contributed by atoms with Gasteiger partial charge in [-0.05, 0) is 162 Å². The maximum Gasteiger partial charge on any atom is 0.0541 e. The summed E-state index contributed by atoms with van der Waals surface area (Å²) in [5.74, 6) is 2.19. The van der Waals surface area contributed by atoms with Crippen LogP contribution >= 0.6 is 0 Å². The van der Waals surface area contributed by atoms with E-state index in [0.717, 1.165) is 12.8 Å². The second-order valence-corrected chi connectivity index (χ2v) is 15.2. The van der Waals surface area contributed by atoms with Gasteiger partial charge in [-0.2, -0.15) is 0 Å². The molecule has 2 heteroatoms. The molecule has 11 aliphatic heterocycles. The Labute approximate surface area is 285 Å². The average molecular weight is 629 g/mol. The molecule has 18 bridgehead atoms. The summed E-state index contributed by atoms with van der Waals surface area (Å²) in [6, 6.07) is 48.1. The topological polar surface area (TPSA) is 9.86 Å². The third-order valence-corrected chi connectivity index (χ3v) is 12.7. The van der Waals surface area contributed by atoms with Crippen molar-refractivity contribution in [2.75, 3.05) is 0 Å². The van der Waals surface area contributed by atoms with Crippen LogP contribution in [-0.2, 0) is 12.8 Å². The maximum atomic E-state index is 2.56. The zero-order chi connectivity index (χ0) is 31.8. The molecule has 0 saturated heterocycles. The summed E-state index contributed by atoms with van der Waals surface area (Å²) in [6.07, 6.45) is 10.2. The van der Waals surface area contributed by atoms with Gasteiger partial charge in [0.1, 0.15) is 0 Å². The second-order valence-electron chi connectivity index (χ2n) is 15.2. The first kappa shape index (κ1) is 26.6. The Hall–Kier alpha value is -5.34. The monoisotopic (exact) mass is 628 g/mol. The minimum absolute atomic E-state index is 0.540. The van der Waals surface area contributed by atoms with Gasteiger partial charge in [0.2, 0.25) is 0 Å². The van der Waals surface area contributed by atoms with Gasteiger partial charge in [0.25, 0.3) is 0 Å². The Morgan fingerprint density at radius 1 is 0.367 bits per heavy atom. The number of rotatable bonds is 0. The molecule has 8 aromatic rings. The quantitative estimate of drug-likeness (QED) is 0.148. The van der Waals surface area contributed by atoms with E-state index in [1.807, 2.05) is 0 Å². The Bertz CT molecular complexity index is 2510. The molecule has 4 atom stereocenters. The van der Waals surface area contributed by atoms with Gasteiger partial charge in [-0.15, -0.1) is 0 Å². The third-order valence-electron chi connectivity index (χ3n) is 12.7. The fraction of sp³-hybridized carbons (Fsp3) is 0.191. The molecule has 2 unspecified atom stereocenters. The first-order valence-corrected chi connectivity index (χ1v) is 18.2.